The van der Waals surface area contributed by atoms with Crippen molar-refractivity contribution in [3.8, 4) is 0 Å². The van der Waals surface area contributed by atoms with Crippen LogP contribution >= 0.6 is 11.8 Å². The van der Waals surface area contributed by atoms with Gasteiger partial charge in [-0.15, -0.1) is 0 Å². The van der Waals surface area contributed by atoms with E-state index in [2.05, 4.69) is 36.0 Å². The molecule has 0 aromatic carbocycles. The Labute approximate surface area is 83.7 Å². The van der Waals surface area contributed by atoms with Crippen molar-refractivity contribution >= 4 is 11.8 Å². The highest BCUT2D eigenvalue weighted by Gasteiger charge is 2.09. The van der Waals surface area contributed by atoms with Gasteiger partial charge in [-0.3, -0.25) is 5.10 Å². The van der Waals surface area contributed by atoms with Gasteiger partial charge in [0, 0.05) is 11.7 Å². The molecule has 3 nitrogen and oxygen atoms in total. The van der Waals surface area contributed by atoms with Crippen molar-refractivity contribution < 1.29 is 0 Å². The van der Waals surface area contributed by atoms with Crippen molar-refractivity contribution in [2.45, 2.75) is 44.7 Å². The van der Waals surface area contributed by atoms with Crippen LogP contribution in [-0.2, 0) is 0 Å². The van der Waals surface area contributed by atoms with Gasteiger partial charge in [0.2, 0.25) is 0 Å². The molecule has 0 fully saturated rings. The van der Waals surface area contributed by atoms with Crippen LogP contribution in [0.15, 0.2) is 5.16 Å². The molecule has 0 bridgehead atoms. The third-order valence-electron chi connectivity index (χ3n) is 1.98. The van der Waals surface area contributed by atoms with E-state index in [-0.39, 0.29) is 0 Å². The highest BCUT2D eigenvalue weighted by Crippen LogP contribution is 2.18. The van der Waals surface area contributed by atoms with E-state index in [1.807, 2.05) is 0 Å². The first kappa shape index (κ1) is 10.6. The van der Waals surface area contributed by atoms with Crippen molar-refractivity contribution in [1.82, 2.24) is 15.2 Å². The fourth-order valence-electron chi connectivity index (χ4n) is 0.925. The summed E-state index contributed by atoms with van der Waals surface area (Å²) in [5.74, 6) is 2.52. The Morgan fingerprint density at radius 1 is 1.46 bits per heavy atom. The fourth-order valence-corrected chi connectivity index (χ4v) is 1.59. The van der Waals surface area contributed by atoms with E-state index in [9.17, 15) is 0 Å². The predicted octanol–water partition coefficient (Wildman–Crippen LogP) is 2.82. The fraction of sp³-hybridized carbons (Fsp3) is 0.778. The lowest BCUT2D eigenvalue weighted by Gasteiger charge is -1.99. The Morgan fingerprint density at radius 3 is 2.85 bits per heavy atom. The van der Waals surface area contributed by atoms with Gasteiger partial charge in [0.25, 0.3) is 0 Å². The highest BCUT2D eigenvalue weighted by molar-refractivity contribution is 7.99. The van der Waals surface area contributed by atoms with Gasteiger partial charge in [-0.25, -0.2) is 4.98 Å². The summed E-state index contributed by atoms with van der Waals surface area (Å²) >= 11 is 1.74. The van der Waals surface area contributed by atoms with E-state index in [1.165, 1.54) is 6.42 Å². The van der Waals surface area contributed by atoms with Crippen LogP contribution in [0.1, 0.15) is 45.4 Å². The van der Waals surface area contributed by atoms with Crippen LogP contribution < -0.4 is 0 Å². The topological polar surface area (TPSA) is 41.6 Å². The average molecular weight is 199 g/mol. The summed E-state index contributed by atoms with van der Waals surface area (Å²) in [5, 5.41) is 8.10. The van der Waals surface area contributed by atoms with Crippen molar-refractivity contribution in [3.63, 3.8) is 0 Å². The molecule has 1 aromatic heterocycles. The third kappa shape index (κ3) is 3.03. The monoisotopic (exact) mass is 199 g/mol. The second-order valence-electron chi connectivity index (χ2n) is 3.16. The van der Waals surface area contributed by atoms with Gasteiger partial charge in [-0.05, 0) is 12.8 Å². The first-order valence-corrected chi connectivity index (χ1v) is 5.81. The summed E-state index contributed by atoms with van der Waals surface area (Å²) in [4.78, 5) is 4.41. The molecule has 1 aromatic rings. The lowest BCUT2D eigenvalue weighted by Crippen LogP contribution is -1.93. The minimum atomic E-state index is 0.465. The van der Waals surface area contributed by atoms with Crippen LogP contribution in [0.4, 0.5) is 0 Å². The van der Waals surface area contributed by atoms with E-state index >= 15 is 0 Å². The Hall–Kier alpha value is -0.510. The van der Waals surface area contributed by atoms with Crippen molar-refractivity contribution in [1.29, 1.82) is 0 Å². The van der Waals surface area contributed by atoms with Gasteiger partial charge in [-0.2, -0.15) is 5.10 Å². The van der Waals surface area contributed by atoms with Crippen molar-refractivity contribution in [2.75, 3.05) is 5.75 Å². The molecule has 1 N–H and O–H groups in total. The first-order valence-electron chi connectivity index (χ1n) is 4.83. The van der Waals surface area contributed by atoms with Crippen LogP contribution in [0.2, 0.25) is 0 Å². The Kier molecular flexibility index (Phi) is 4.28. The SMILES string of the molecule is CCCSc1nc(C(C)CC)n[nH]1. The molecule has 1 unspecified atom stereocenters. The lowest BCUT2D eigenvalue weighted by molar-refractivity contribution is 0.681. The van der Waals surface area contributed by atoms with E-state index in [0.717, 1.165) is 23.2 Å². The summed E-state index contributed by atoms with van der Waals surface area (Å²) in [7, 11) is 0. The van der Waals surface area contributed by atoms with E-state index < -0.39 is 0 Å². The molecular formula is C9H17N3S. The summed E-state index contributed by atoms with van der Waals surface area (Å²) < 4.78 is 0. The van der Waals surface area contributed by atoms with Gasteiger partial charge in [-0.1, -0.05) is 32.5 Å². The number of nitrogens with zero attached hydrogens (tertiary/aromatic N) is 2. The van der Waals surface area contributed by atoms with E-state index in [1.54, 1.807) is 11.8 Å². The molecule has 1 heterocycles. The van der Waals surface area contributed by atoms with Crippen LogP contribution in [0.3, 0.4) is 0 Å². The second kappa shape index (κ2) is 5.27. The number of H-pyrrole nitrogens is 1. The molecule has 0 aliphatic carbocycles. The van der Waals surface area contributed by atoms with Gasteiger partial charge < -0.3 is 0 Å². The lowest BCUT2D eigenvalue weighted by atomic mass is 10.1. The Morgan fingerprint density at radius 2 is 2.23 bits per heavy atom. The van der Waals surface area contributed by atoms with Crippen LogP contribution in [0.5, 0.6) is 0 Å². The zero-order valence-corrected chi connectivity index (χ0v) is 9.32. The number of hydrogen-bond acceptors (Lipinski definition) is 3. The van der Waals surface area contributed by atoms with Gasteiger partial charge >= 0.3 is 0 Å². The molecule has 0 aliphatic rings. The first-order chi connectivity index (χ1) is 6.27. The molecule has 0 aliphatic heterocycles. The Balaban J connectivity index is 2.53. The van der Waals surface area contributed by atoms with Crippen LogP contribution in [-0.4, -0.2) is 20.9 Å². The van der Waals surface area contributed by atoms with Gasteiger partial charge in [0.1, 0.15) is 0 Å². The minimum Gasteiger partial charge on any atom is -0.254 e. The number of aromatic amines is 1. The molecule has 0 amide bonds. The molecule has 74 valence electrons. The molecule has 0 saturated carbocycles. The third-order valence-corrected chi connectivity index (χ3v) is 3.05. The van der Waals surface area contributed by atoms with Crippen molar-refractivity contribution in [2.24, 2.45) is 0 Å². The highest BCUT2D eigenvalue weighted by atomic mass is 32.2. The van der Waals surface area contributed by atoms with Crippen LogP contribution in [0.25, 0.3) is 0 Å². The quantitative estimate of drug-likeness (QED) is 0.741. The van der Waals surface area contributed by atoms with Gasteiger partial charge in [0.15, 0.2) is 11.0 Å². The maximum Gasteiger partial charge on any atom is 0.183 e. The number of nitrogens with one attached hydrogen (secondary N) is 1. The smallest absolute Gasteiger partial charge is 0.183 e. The zero-order chi connectivity index (χ0) is 9.68. The molecular weight excluding hydrogens is 182 g/mol. The summed E-state index contributed by atoms with van der Waals surface area (Å²) in [6.07, 6.45) is 2.26. The summed E-state index contributed by atoms with van der Waals surface area (Å²) in [6.45, 7) is 6.47. The maximum absolute atomic E-state index is 4.41. The number of aromatic nitrogens is 3. The summed E-state index contributed by atoms with van der Waals surface area (Å²) in [5.41, 5.74) is 0. The molecule has 0 saturated heterocycles. The number of thioether (sulfide) groups is 1. The minimum absolute atomic E-state index is 0.465. The average Bonchev–Trinajstić information content (AvgIpc) is 2.62. The van der Waals surface area contributed by atoms with Gasteiger partial charge in [0.05, 0.1) is 0 Å². The number of hydrogen-bond donors (Lipinski definition) is 1. The molecule has 4 heteroatoms. The van der Waals surface area contributed by atoms with Crippen molar-refractivity contribution in [3.05, 3.63) is 5.82 Å². The molecule has 1 atom stereocenters. The standard InChI is InChI=1S/C9H17N3S/c1-4-6-13-9-10-8(11-12-9)7(3)5-2/h7H,4-6H2,1-3H3,(H,10,11,12). The zero-order valence-electron chi connectivity index (χ0n) is 8.50. The van der Waals surface area contributed by atoms with E-state index in [0.29, 0.717) is 5.92 Å². The summed E-state index contributed by atoms with van der Waals surface area (Å²) in [6, 6.07) is 0. The molecule has 1 rings (SSSR count). The molecule has 13 heavy (non-hydrogen) atoms. The molecule has 0 radical (unpaired) electrons. The van der Waals surface area contributed by atoms with E-state index in [4.69, 9.17) is 0 Å². The molecule has 0 spiro atoms. The largest absolute Gasteiger partial charge is 0.254 e. The number of rotatable bonds is 5. The second-order valence-corrected chi connectivity index (χ2v) is 4.24. The Bertz CT molecular complexity index is 247. The maximum atomic E-state index is 4.41. The van der Waals surface area contributed by atoms with Crippen LogP contribution in [0, 0.1) is 0 Å². The predicted molar refractivity (Wildman–Crippen MR) is 56.1 cm³/mol. The normalized spacial score (nSPS) is 13.2.